The van der Waals surface area contributed by atoms with Crippen LogP contribution in [-0.2, 0) is 16.0 Å². The average molecular weight is 409 g/mol. The van der Waals surface area contributed by atoms with Gasteiger partial charge >= 0.3 is 5.97 Å². The van der Waals surface area contributed by atoms with Gasteiger partial charge in [0, 0.05) is 53.3 Å². The normalized spacial score (nSPS) is 10.9. The number of rotatable bonds is 6. The van der Waals surface area contributed by atoms with Gasteiger partial charge in [-0.05, 0) is 29.8 Å². The van der Waals surface area contributed by atoms with E-state index < -0.39 is 24.2 Å². The van der Waals surface area contributed by atoms with E-state index in [1.807, 2.05) is 18.2 Å². The summed E-state index contributed by atoms with van der Waals surface area (Å²) in [6.07, 6.45) is 6.76. The quantitative estimate of drug-likeness (QED) is 0.486. The summed E-state index contributed by atoms with van der Waals surface area (Å²) in [4.78, 5) is 22.8. The summed E-state index contributed by atoms with van der Waals surface area (Å²) in [6.45, 7) is -0.468. The van der Waals surface area contributed by atoms with Gasteiger partial charge in [-0.2, -0.15) is 0 Å². The number of halogens is 2. The monoisotopic (exact) mass is 409 g/mol. The van der Waals surface area contributed by atoms with Gasteiger partial charge in [0.05, 0.1) is 7.11 Å². The maximum absolute atomic E-state index is 14.9. The van der Waals surface area contributed by atoms with E-state index in [1.54, 1.807) is 24.8 Å². The summed E-state index contributed by atoms with van der Waals surface area (Å²) in [7, 11) is 1.20. The molecule has 4 aromatic rings. The van der Waals surface area contributed by atoms with Crippen LogP contribution in [-0.4, -0.2) is 34.6 Å². The number of nitrogens with zero attached hydrogens (tertiary/aromatic N) is 2. The zero-order chi connectivity index (χ0) is 21.1. The number of aromatic amines is 1. The maximum atomic E-state index is 14.9. The Kier molecular flexibility index (Phi) is 5.38. The first kappa shape index (κ1) is 19.5. The molecule has 0 aliphatic rings. The molecule has 0 atom stereocenters. The fraction of sp³-hybridized carbons (Fsp3) is 0.136. The first-order valence-electron chi connectivity index (χ1n) is 9.09. The SMILES string of the molecule is COC(=O)COc1ccc(F)c(Cc2c[nH]c3ncc(-c4cccnc4)cc23)c1F. The summed E-state index contributed by atoms with van der Waals surface area (Å²) in [5.74, 6) is -2.44. The van der Waals surface area contributed by atoms with E-state index >= 15 is 0 Å². The smallest absolute Gasteiger partial charge is 0.343 e. The predicted octanol–water partition coefficient (Wildman–Crippen LogP) is 4.05. The van der Waals surface area contributed by atoms with Crippen LogP contribution in [0.2, 0.25) is 0 Å². The fourth-order valence-electron chi connectivity index (χ4n) is 3.13. The number of H-pyrrole nitrogens is 1. The Morgan fingerprint density at radius 3 is 2.80 bits per heavy atom. The van der Waals surface area contributed by atoms with Crippen LogP contribution in [0.25, 0.3) is 22.2 Å². The van der Waals surface area contributed by atoms with Crippen molar-refractivity contribution in [3.63, 3.8) is 0 Å². The molecule has 0 saturated carbocycles. The zero-order valence-corrected chi connectivity index (χ0v) is 16.0. The Balaban J connectivity index is 1.68. The molecule has 0 bridgehead atoms. The minimum atomic E-state index is -0.857. The average Bonchev–Trinajstić information content (AvgIpc) is 3.18. The molecule has 8 heteroatoms. The van der Waals surface area contributed by atoms with Gasteiger partial charge in [-0.1, -0.05) is 6.07 Å². The van der Waals surface area contributed by atoms with Crippen molar-refractivity contribution in [2.75, 3.05) is 13.7 Å². The van der Waals surface area contributed by atoms with E-state index in [4.69, 9.17) is 4.74 Å². The molecule has 4 rings (SSSR count). The van der Waals surface area contributed by atoms with Crippen LogP contribution in [0.1, 0.15) is 11.1 Å². The number of ether oxygens (including phenoxy) is 2. The van der Waals surface area contributed by atoms with E-state index in [0.717, 1.165) is 28.6 Å². The first-order chi connectivity index (χ1) is 14.6. The predicted molar refractivity (Wildman–Crippen MR) is 106 cm³/mol. The van der Waals surface area contributed by atoms with Crippen LogP contribution in [0.5, 0.6) is 5.75 Å². The number of carbonyl (C=O) groups is 1. The fourth-order valence-corrected chi connectivity index (χ4v) is 3.13. The highest BCUT2D eigenvalue weighted by Crippen LogP contribution is 2.29. The molecule has 6 nitrogen and oxygen atoms in total. The maximum Gasteiger partial charge on any atom is 0.343 e. The molecule has 0 fully saturated rings. The van der Waals surface area contributed by atoms with Crippen molar-refractivity contribution < 1.29 is 23.0 Å². The number of nitrogens with one attached hydrogen (secondary N) is 1. The lowest BCUT2D eigenvalue weighted by Gasteiger charge is -2.10. The third-order valence-electron chi connectivity index (χ3n) is 4.70. The molecule has 0 spiro atoms. The molecule has 30 heavy (non-hydrogen) atoms. The van der Waals surface area contributed by atoms with Crippen LogP contribution in [0.3, 0.4) is 0 Å². The minimum absolute atomic E-state index is 0.0226. The highest BCUT2D eigenvalue weighted by molar-refractivity contribution is 5.84. The van der Waals surface area contributed by atoms with Crippen molar-refractivity contribution in [1.29, 1.82) is 0 Å². The summed E-state index contributed by atoms with van der Waals surface area (Å²) in [5.41, 5.74) is 2.84. The Bertz CT molecular complexity index is 1210. The lowest BCUT2D eigenvalue weighted by atomic mass is 10.0. The Morgan fingerprint density at radius 1 is 1.17 bits per heavy atom. The highest BCUT2D eigenvalue weighted by Gasteiger charge is 2.18. The van der Waals surface area contributed by atoms with E-state index in [9.17, 15) is 13.6 Å². The lowest BCUT2D eigenvalue weighted by Crippen LogP contribution is -2.14. The Morgan fingerprint density at radius 2 is 2.03 bits per heavy atom. The first-order valence-corrected chi connectivity index (χ1v) is 9.09. The summed E-state index contributed by atoms with van der Waals surface area (Å²) in [5, 5.41) is 0.746. The van der Waals surface area contributed by atoms with Crippen molar-refractivity contribution in [1.82, 2.24) is 15.0 Å². The standard InChI is InChI=1S/C22H17F2N3O3/c1-29-20(28)12-30-19-5-4-18(23)17(21(19)24)8-15-11-27-22-16(15)7-14(10-26-22)13-3-2-6-25-9-13/h2-7,9-11H,8,12H2,1H3,(H,26,27). The van der Waals surface area contributed by atoms with E-state index in [0.29, 0.717) is 11.2 Å². The number of methoxy groups -OCH3 is 1. The second kappa shape index (κ2) is 8.28. The number of benzene rings is 1. The molecular formula is C22H17F2N3O3. The summed E-state index contributed by atoms with van der Waals surface area (Å²) >= 11 is 0. The third kappa shape index (κ3) is 3.84. The van der Waals surface area contributed by atoms with Crippen LogP contribution in [0.15, 0.2) is 55.1 Å². The number of fused-ring (bicyclic) bond motifs is 1. The number of hydrogen-bond donors (Lipinski definition) is 1. The highest BCUT2D eigenvalue weighted by atomic mass is 19.1. The van der Waals surface area contributed by atoms with Crippen molar-refractivity contribution in [3.05, 3.63) is 77.9 Å². The summed E-state index contributed by atoms with van der Waals surface area (Å²) < 4.78 is 38.9. The van der Waals surface area contributed by atoms with Crippen molar-refractivity contribution >= 4 is 17.0 Å². The van der Waals surface area contributed by atoms with Gasteiger partial charge in [0.1, 0.15) is 11.5 Å². The van der Waals surface area contributed by atoms with Crippen molar-refractivity contribution in [2.24, 2.45) is 0 Å². The van der Waals surface area contributed by atoms with E-state index in [2.05, 4.69) is 19.7 Å². The van der Waals surface area contributed by atoms with Gasteiger partial charge in [-0.15, -0.1) is 0 Å². The molecule has 1 aromatic carbocycles. The number of aromatic nitrogens is 3. The molecule has 0 radical (unpaired) electrons. The van der Waals surface area contributed by atoms with E-state index in [1.165, 1.54) is 7.11 Å². The van der Waals surface area contributed by atoms with Crippen molar-refractivity contribution in [3.8, 4) is 16.9 Å². The van der Waals surface area contributed by atoms with Gasteiger partial charge in [-0.3, -0.25) is 4.98 Å². The number of hydrogen-bond acceptors (Lipinski definition) is 5. The lowest BCUT2D eigenvalue weighted by molar-refractivity contribution is -0.142. The van der Waals surface area contributed by atoms with Gasteiger partial charge in [0.2, 0.25) is 0 Å². The van der Waals surface area contributed by atoms with Gasteiger partial charge in [-0.25, -0.2) is 18.6 Å². The van der Waals surface area contributed by atoms with Crippen molar-refractivity contribution in [2.45, 2.75) is 6.42 Å². The molecule has 0 unspecified atom stereocenters. The molecule has 0 saturated heterocycles. The number of esters is 1. The molecule has 0 amide bonds. The summed E-state index contributed by atoms with van der Waals surface area (Å²) in [6, 6.07) is 7.89. The largest absolute Gasteiger partial charge is 0.479 e. The van der Waals surface area contributed by atoms with Crippen LogP contribution >= 0.6 is 0 Å². The van der Waals surface area contributed by atoms with Gasteiger partial charge in [0.25, 0.3) is 0 Å². The van der Waals surface area contributed by atoms with Gasteiger partial charge < -0.3 is 14.5 Å². The Labute approximate surface area is 170 Å². The molecule has 0 aliphatic carbocycles. The molecule has 3 aromatic heterocycles. The minimum Gasteiger partial charge on any atom is -0.479 e. The molecule has 3 heterocycles. The third-order valence-corrected chi connectivity index (χ3v) is 4.70. The zero-order valence-electron chi connectivity index (χ0n) is 16.0. The number of carbonyl (C=O) groups excluding carboxylic acids is 1. The molecular weight excluding hydrogens is 392 g/mol. The topological polar surface area (TPSA) is 77.1 Å². The number of pyridine rings is 2. The van der Waals surface area contributed by atoms with Crippen LogP contribution in [0.4, 0.5) is 8.78 Å². The van der Waals surface area contributed by atoms with Crippen LogP contribution < -0.4 is 4.74 Å². The second-order valence-electron chi connectivity index (χ2n) is 6.56. The van der Waals surface area contributed by atoms with E-state index in [-0.39, 0.29) is 17.7 Å². The van der Waals surface area contributed by atoms with Gasteiger partial charge in [0.15, 0.2) is 18.2 Å². The molecule has 152 valence electrons. The Hall–Kier alpha value is -3.81. The van der Waals surface area contributed by atoms with Crippen LogP contribution in [0, 0.1) is 11.6 Å². The second-order valence-corrected chi connectivity index (χ2v) is 6.56. The molecule has 0 aliphatic heterocycles. The molecule has 1 N–H and O–H groups in total.